The predicted molar refractivity (Wildman–Crippen MR) is 105 cm³/mol. The van der Waals surface area contributed by atoms with E-state index in [-0.39, 0.29) is 11.8 Å². The average Bonchev–Trinajstić information content (AvgIpc) is 3.05. The molecule has 0 unspecified atom stereocenters. The zero-order chi connectivity index (χ0) is 18.4. The lowest BCUT2D eigenvalue weighted by Crippen LogP contribution is -2.45. The number of amides is 1. The molecule has 146 valence electrons. The summed E-state index contributed by atoms with van der Waals surface area (Å²) in [6.45, 7) is 7.84. The van der Waals surface area contributed by atoms with Crippen molar-refractivity contribution in [3.8, 4) is 0 Å². The van der Waals surface area contributed by atoms with Crippen LogP contribution in [0, 0.1) is 12.8 Å². The van der Waals surface area contributed by atoms with Gasteiger partial charge >= 0.3 is 0 Å². The molecule has 1 N–H and O–H groups in total. The van der Waals surface area contributed by atoms with Crippen molar-refractivity contribution in [2.75, 3.05) is 25.4 Å². The van der Waals surface area contributed by atoms with E-state index in [9.17, 15) is 4.79 Å². The Balaban J connectivity index is 1.34. The zero-order valence-electron chi connectivity index (χ0n) is 16.2. The van der Waals surface area contributed by atoms with Gasteiger partial charge in [0.2, 0.25) is 5.91 Å². The maximum absolute atomic E-state index is 12.4. The lowest BCUT2D eigenvalue weighted by molar-refractivity contribution is -0.126. The molecule has 0 spiro atoms. The highest BCUT2D eigenvalue weighted by molar-refractivity contribution is 7.99. The molecule has 1 amide bonds. The van der Waals surface area contributed by atoms with Gasteiger partial charge in [0.25, 0.3) is 0 Å². The van der Waals surface area contributed by atoms with Gasteiger partial charge in [-0.2, -0.15) is 0 Å². The van der Waals surface area contributed by atoms with Crippen LogP contribution in [0.2, 0.25) is 0 Å². The molecule has 6 nitrogen and oxygen atoms in total. The van der Waals surface area contributed by atoms with Crippen LogP contribution < -0.4 is 5.32 Å². The molecule has 1 saturated heterocycles. The summed E-state index contributed by atoms with van der Waals surface area (Å²) in [5, 5.41) is 12.4. The number of carbonyl (C=O) groups excluding carboxylic acids is 1. The van der Waals surface area contributed by atoms with Crippen LogP contribution in [-0.4, -0.2) is 57.0 Å². The summed E-state index contributed by atoms with van der Waals surface area (Å²) in [6.07, 6.45) is 8.91. The van der Waals surface area contributed by atoms with Gasteiger partial charge in [-0.3, -0.25) is 4.79 Å². The second-order valence-electron chi connectivity index (χ2n) is 7.52. The maximum Gasteiger partial charge on any atom is 0.223 e. The lowest BCUT2D eigenvalue weighted by Gasteiger charge is -2.38. The fourth-order valence-electron chi connectivity index (χ4n) is 4.27. The number of hydrogen-bond acceptors (Lipinski definition) is 5. The van der Waals surface area contributed by atoms with Crippen molar-refractivity contribution in [1.29, 1.82) is 0 Å². The topological polar surface area (TPSA) is 63.1 Å². The molecular formula is C19H33N5OS. The molecule has 2 aliphatic rings. The smallest absolute Gasteiger partial charge is 0.223 e. The summed E-state index contributed by atoms with van der Waals surface area (Å²) < 4.78 is 2.10. The minimum Gasteiger partial charge on any atom is -0.355 e. The molecule has 1 saturated carbocycles. The number of carbonyl (C=O) groups is 1. The van der Waals surface area contributed by atoms with E-state index in [1.54, 1.807) is 11.8 Å². The number of hydrogen-bond donors (Lipinski definition) is 1. The van der Waals surface area contributed by atoms with Gasteiger partial charge in [-0.05, 0) is 52.6 Å². The van der Waals surface area contributed by atoms with Gasteiger partial charge < -0.3 is 14.8 Å². The summed E-state index contributed by atoms with van der Waals surface area (Å²) in [4.78, 5) is 15.1. The Morgan fingerprint density at radius 3 is 2.58 bits per heavy atom. The summed E-state index contributed by atoms with van der Waals surface area (Å²) >= 11 is 1.67. The van der Waals surface area contributed by atoms with Crippen LogP contribution in [0.25, 0.3) is 0 Å². The highest BCUT2D eigenvalue weighted by Crippen LogP contribution is 2.27. The number of nitrogens with one attached hydrogen (secondary N) is 1. The molecule has 1 aliphatic carbocycles. The van der Waals surface area contributed by atoms with E-state index < -0.39 is 0 Å². The van der Waals surface area contributed by atoms with Crippen molar-refractivity contribution in [2.24, 2.45) is 5.92 Å². The molecule has 1 aliphatic heterocycles. The van der Waals surface area contributed by atoms with E-state index >= 15 is 0 Å². The molecule has 2 fully saturated rings. The maximum atomic E-state index is 12.4. The van der Waals surface area contributed by atoms with Crippen molar-refractivity contribution in [3.05, 3.63) is 5.82 Å². The first-order valence-electron chi connectivity index (χ1n) is 10.2. The fourth-order valence-corrected chi connectivity index (χ4v) is 5.17. The monoisotopic (exact) mass is 379 g/mol. The third-order valence-corrected chi connectivity index (χ3v) is 6.81. The number of thioether (sulfide) groups is 1. The van der Waals surface area contributed by atoms with Crippen molar-refractivity contribution in [3.63, 3.8) is 0 Å². The first-order chi connectivity index (χ1) is 12.7. The average molecular weight is 380 g/mol. The highest BCUT2D eigenvalue weighted by Gasteiger charge is 2.29. The van der Waals surface area contributed by atoms with Gasteiger partial charge in [-0.1, -0.05) is 31.0 Å². The van der Waals surface area contributed by atoms with Crippen LogP contribution in [-0.2, 0) is 11.3 Å². The minimum atomic E-state index is 0.196. The molecule has 26 heavy (non-hydrogen) atoms. The van der Waals surface area contributed by atoms with E-state index in [0.29, 0.717) is 6.54 Å². The minimum absolute atomic E-state index is 0.196. The Bertz CT molecular complexity index is 576. The van der Waals surface area contributed by atoms with Gasteiger partial charge in [0, 0.05) is 30.8 Å². The largest absolute Gasteiger partial charge is 0.355 e. The highest BCUT2D eigenvalue weighted by atomic mass is 32.2. The van der Waals surface area contributed by atoms with Crippen molar-refractivity contribution in [1.82, 2.24) is 25.0 Å². The Morgan fingerprint density at radius 2 is 1.88 bits per heavy atom. The first-order valence-corrected chi connectivity index (χ1v) is 11.2. The number of piperidine rings is 1. The van der Waals surface area contributed by atoms with Crippen molar-refractivity contribution < 1.29 is 4.79 Å². The number of aryl methyl sites for hydroxylation is 1. The second-order valence-corrected chi connectivity index (χ2v) is 8.58. The summed E-state index contributed by atoms with van der Waals surface area (Å²) in [7, 11) is 0. The second kappa shape index (κ2) is 9.74. The van der Waals surface area contributed by atoms with Gasteiger partial charge in [0.1, 0.15) is 5.82 Å². The number of rotatable bonds is 7. The molecule has 0 aromatic carbocycles. The van der Waals surface area contributed by atoms with Gasteiger partial charge in [-0.15, -0.1) is 10.2 Å². The molecule has 0 radical (unpaired) electrons. The van der Waals surface area contributed by atoms with E-state index in [1.165, 1.54) is 32.1 Å². The van der Waals surface area contributed by atoms with Crippen LogP contribution in [0.1, 0.15) is 57.7 Å². The molecule has 2 heterocycles. The molecule has 0 bridgehead atoms. The van der Waals surface area contributed by atoms with Crippen LogP contribution in [0.4, 0.5) is 0 Å². The molecule has 1 aromatic rings. The number of aromatic nitrogens is 3. The van der Waals surface area contributed by atoms with Gasteiger partial charge in [-0.25, -0.2) is 0 Å². The predicted octanol–water partition coefficient (Wildman–Crippen LogP) is 2.86. The summed E-state index contributed by atoms with van der Waals surface area (Å²) in [6, 6.07) is 0.781. The van der Waals surface area contributed by atoms with Gasteiger partial charge in [0.05, 0.1) is 0 Å². The third kappa shape index (κ3) is 5.00. The third-order valence-electron chi connectivity index (χ3n) is 5.84. The molecule has 7 heteroatoms. The first kappa shape index (κ1) is 19.7. The molecule has 1 aromatic heterocycles. The normalized spacial score (nSPS) is 20.4. The number of likely N-dealkylation sites (tertiary alicyclic amines) is 1. The van der Waals surface area contributed by atoms with E-state index in [1.807, 2.05) is 6.92 Å². The Morgan fingerprint density at radius 1 is 1.15 bits per heavy atom. The molecule has 0 atom stereocenters. The Labute approximate surface area is 161 Å². The molecule has 3 rings (SSSR count). The van der Waals surface area contributed by atoms with Crippen LogP contribution in [0.5, 0.6) is 0 Å². The van der Waals surface area contributed by atoms with E-state index in [2.05, 4.69) is 31.9 Å². The van der Waals surface area contributed by atoms with Crippen LogP contribution >= 0.6 is 11.8 Å². The summed E-state index contributed by atoms with van der Waals surface area (Å²) in [5.41, 5.74) is 0. The summed E-state index contributed by atoms with van der Waals surface area (Å²) in [5.74, 6) is 2.22. The molecular weight excluding hydrogens is 346 g/mol. The zero-order valence-corrected chi connectivity index (χ0v) is 17.1. The fraction of sp³-hybridized carbons (Fsp3) is 0.842. The van der Waals surface area contributed by atoms with Crippen LogP contribution in [0.15, 0.2) is 5.16 Å². The Kier molecular flexibility index (Phi) is 7.37. The Hall–Kier alpha value is -1.08. The van der Waals surface area contributed by atoms with Gasteiger partial charge in [0.15, 0.2) is 5.16 Å². The quantitative estimate of drug-likeness (QED) is 0.583. The van der Waals surface area contributed by atoms with Crippen LogP contribution in [0.3, 0.4) is 0 Å². The van der Waals surface area contributed by atoms with Crippen molar-refractivity contribution in [2.45, 2.75) is 76.5 Å². The number of nitrogens with zero attached hydrogens (tertiary/aromatic N) is 4. The van der Waals surface area contributed by atoms with E-state index in [4.69, 9.17) is 0 Å². The van der Waals surface area contributed by atoms with E-state index in [0.717, 1.165) is 55.3 Å². The standard InChI is InChI=1S/C19H33N5OS/c1-3-24-15(2)21-22-19(24)26-14-11-20-18(25)16-9-12-23(13-10-16)17-7-5-4-6-8-17/h16-17H,3-14H2,1-2H3,(H,20,25). The SMILES string of the molecule is CCn1c(C)nnc1SCCNC(=O)C1CCN(C2CCCCC2)CC1. The van der Waals surface area contributed by atoms with Crippen molar-refractivity contribution >= 4 is 17.7 Å². The lowest BCUT2D eigenvalue weighted by atomic mass is 9.90.